The topological polar surface area (TPSA) is 50.7 Å². The Morgan fingerprint density at radius 2 is 2.13 bits per heavy atom. The van der Waals surface area contributed by atoms with E-state index in [1.807, 2.05) is 43.3 Å². The van der Waals surface area contributed by atoms with E-state index >= 15 is 0 Å². The number of para-hydroxylation sites is 1. The van der Waals surface area contributed by atoms with Crippen LogP contribution >= 0.6 is 11.3 Å². The van der Waals surface area contributed by atoms with Crippen LogP contribution in [0.2, 0.25) is 0 Å². The molecule has 0 saturated heterocycles. The number of thiophene rings is 1. The number of nitrogens with one attached hydrogen (secondary N) is 1. The first-order valence-electron chi connectivity index (χ1n) is 7.70. The monoisotopic (exact) mass is 330 g/mol. The maximum absolute atomic E-state index is 11.8. The van der Waals surface area contributed by atoms with Crippen LogP contribution in [0.25, 0.3) is 0 Å². The number of ether oxygens (including phenoxy) is 1. The van der Waals surface area contributed by atoms with Crippen molar-refractivity contribution in [3.05, 3.63) is 51.7 Å². The average Bonchev–Trinajstić information content (AvgIpc) is 2.98. The second-order valence-corrected chi connectivity index (χ2v) is 6.70. The minimum absolute atomic E-state index is 0.0474. The molecule has 1 amide bonds. The van der Waals surface area contributed by atoms with E-state index < -0.39 is 0 Å². The highest BCUT2D eigenvalue weighted by Gasteiger charge is 2.10. The van der Waals surface area contributed by atoms with Crippen LogP contribution in [0.15, 0.2) is 41.5 Å². The summed E-state index contributed by atoms with van der Waals surface area (Å²) in [6, 6.07) is 11.8. The number of amides is 1. The molecule has 2 aromatic rings. The fraction of sp³-hybridized carbons (Fsp3) is 0.333. The van der Waals surface area contributed by atoms with Crippen molar-refractivity contribution < 1.29 is 9.53 Å². The molecule has 1 atom stereocenters. The Kier molecular flexibility index (Phi) is 6.35. The minimum Gasteiger partial charge on any atom is -0.483 e. The van der Waals surface area contributed by atoms with Crippen LogP contribution in [0.4, 0.5) is 0 Å². The molecule has 1 N–H and O–H groups in total. The first-order chi connectivity index (χ1) is 11.1. The molecule has 122 valence electrons. The smallest absolute Gasteiger partial charge is 0.277 e. The van der Waals surface area contributed by atoms with Gasteiger partial charge in [0.1, 0.15) is 5.75 Å². The van der Waals surface area contributed by atoms with Crippen molar-refractivity contribution in [3.8, 4) is 5.75 Å². The van der Waals surface area contributed by atoms with Gasteiger partial charge in [-0.3, -0.25) is 4.79 Å². The summed E-state index contributed by atoms with van der Waals surface area (Å²) >= 11 is 1.63. The van der Waals surface area contributed by atoms with E-state index in [2.05, 4.69) is 24.4 Å². The Hall–Kier alpha value is -2.14. The fourth-order valence-corrected chi connectivity index (χ4v) is 2.85. The molecule has 0 aliphatic carbocycles. The predicted octanol–water partition coefficient (Wildman–Crippen LogP) is 4.10. The molecule has 0 radical (unpaired) electrons. The van der Waals surface area contributed by atoms with Crippen molar-refractivity contribution in [2.45, 2.75) is 33.1 Å². The summed E-state index contributed by atoms with van der Waals surface area (Å²) in [7, 11) is 0. The molecular formula is C18H22N2O2S. The summed E-state index contributed by atoms with van der Waals surface area (Å²) in [6.07, 6.45) is 2.67. The van der Waals surface area contributed by atoms with E-state index in [1.165, 1.54) is 4.88 Å². The van der Waals surface area contributed by atoms with E-state index in [4.69, 9.17) is 4.74 Å². The normalized spacial score (nSPS) is 12.3. The number of carbonyl (C=O) groups is 1. The number of rotatable bonds is 7. The molecule has 23 heavy (non-hydrogen) atoms. The molecular weight excluding hydrogens is 308 g/mol. The van der Waals surface area contributed by atoms with Crippen LogP contribution in [0.5, 0.6) is 5.75 Å². The molecule has 5 heteroatoms. The van der Waals surface area contributed by atoms with Crippen LogP contribution < -0.4 is 10.2 Å². The van der Waals surface area contributed by atoms with Gasteiger partial charge >= 0.3 is 0 Å². The first-order valence-corrected chi connectivity index (χ1v) is 8.52. The van der Waals surface area contributed by atoms with Crippen LogP contribution in [0.1, 0.15) is 41.5 Å². The molecule has 1 aromatic heterocycles. The Morgan fingerprint density at radius 1 is 1.35 bits per heavy atom. The third kappa shape index (κ3) is 5.21. The molecule has 0 aliphatic rings. The van der Waals surface area contributed by atoms with Gasteiger partial charge in [0, 0.05) is 9.75 Å². The van der Waals surface area contributed by atoms with Crippen molar-refractivity contribution in [2.75, 3.05) is 6.61 Å². The fourth-order valence-electron chi connectivity index (χ4n) is 2.11. The highest BCUT2D eigenvalue weighted by Crippen LogP contribution is 2.28. The highest BCUT2D eigenvalue weighted by atomic mass is 32.1. The molecule has 1 unspecified atom stereocenters. The van der Waals surface area contributed by atoms with Crippen molar-refractivity contribution in [3.63, 3.8) is 0 Å². The van der Waals surface area contributed by atoms with Crippen molar-refractivity contribution >= 4 is 23.5 Å². The number of aryl methyl sites for hydroxylation is 1. The lowest BCUT2D eigenvalue weighted by Gasteiger charge is -2.15. The number of hydrogen-bond acceptors (Lipinski definition) is 4. The molecule has 0 bridgehead atoms. The lowest BCUT2D eigenvalue weighted by atomic mass is 9.98. The van der Waals surface area contributed by atoms with Gasteiger partial charge in [-0.1, -0.05) is 32.0 Å². The Balaban J connectivity index is 1.86. The van der Waals surface area contributed by atoms with Crippen molar-refractivity contribution in [2.24, 2.45) is 5.10 Å². The zero-order valence-corrected chi connectivity index (χ0v) is 14.5. The van der Waals surface area contributed by atoms with Gasteiger partial charge in [-0.15, -0.1) is 11.3 Å². The largest absolute Gasteiger partial charge is 0.483 e. The number of hydrazone groups is 1. The summed E-state index contributed by atoms with van der Waals surface area (Å²) in [5, 5.41) is 3.95. The number of hydrogen-bond donors (Lipinski definition) is 1. The van der Waals surface area contributed by atoms with Gasteiger partial charge in [-0.2, -0.15) is 5.10 Å². The molecule has 0 fully saturated rings. The third-order valence-corrected chi connectivity index (χ3v) is 4.50. The molecule has 0 saturated carbocycles. The van der Waals surface area contributed by atoms with Gasteiger partial charge < -0.3 is 4.74 Å². The molecule has 0 aliphatic heterocycles. The van der Waals surface area contributed by atoms with Crippen LogP contribution in [0.3, 0.4) is 0 Å². The summed E-state index contributed by atoms with van der Waals surface area (Å²) in [4.78, 5) is 14.0. The Labute approximate surface area is 141 Å². The first kappa shape index (κ1) is 17.2. The maximum atomic E-state index is 11.8. The Morgan fingerprint density at radius 3 is 2.83 bits per heavy atom. The van der Waals surface area contributed by atoms with Gasteiger partial charge in [0.2, 0.25) is 0 Å². The molecule has 4 nitrogen and oxygen atoms in total. The Bertz CT molecular complexity index is 679. The molecule has 1 aromatic carbocycles. The van der Waals surface area contributed by atoms with Gasteiger partial charge in [0.25, 0.3) is 5.91 Å². The molecule has 1 heterocycles. The van der Waals surface area contributed by atoms with Crippen LogP contribution in [-0.2, 0) is 4.79 Å². The SMILES string of the molecule is CCC(C)c1ccccc1OCC(=O)NN=Cc1ccc(C)s1. The lowest BCUT2D eigenvalue weighted by molar-refractivity contribution is -0.123. The standard InChI is InChI=1S/C18H22N2O2S/c1-4-13(2)16-7-5-6-8-17(16)22-12-18(21)20-19-11-15-10-9-14(3)23-15/h5-11,13H,4,12H2,1-3H3,(H,20,21). The van der Waals surface area contributed by atoms with E-state index in [1.54, 1.807) is 17.6 Å². The number of carbonyl (C=O) groups excluding carboxylic acids is 1. The quantitative estimate of drug-likeness (QED) is 0.614. The minimum atomic E-state index is -0.270. The summed E-state index contributed by atoms with van der Waals surface area (Å²) < 4.78 is 5.65. The lowest BCUT2D eigenvalue weighted by Crippen LogP contribution is -2.24. The van der Waals surface area contributed by atoms with E-state index in [0.29, 0.717) is 5.92 Å². The average molecular weight is 330 g/mol. The van der Waals surface area contributed by atoms with Crippen LogP contribution in [-0.4, -0.2) is 18.7 Å². The summed E-state index contributed by atoms with van der Waals surface area (Å²) in [6.45, 7) is 6.27. The van der Waals surface area contributed by atoms with Gasteiger partial charge in [-0.05, 0) is 43.0 Å². The van der Waals surface area contributed by atoms with Crippen molar-refractivity contribution in [1.82, 2.24) is 5.43 Å². The maximum Gasteiger partial charge on any atom is 0.277 e. The van der Waals surface area contributed by atoms with E-state index in [-0.39, 0.29) is 12.5 Å². The van der Waals surface area contributed by atoms with Crippen molar-refractivity contribution in [1.29, 1.82) is 0 Å². The molecule has 2 rings (SSSR count). The second-order valence-electron chi connectivity index (χ2n) is 5.38. The zero-order valence-electron chi connectivity index (χ0n) is 13.7. The van der Waals surface area contributed by atoms with Crippen LogP contribution in [0, 0.1) is 6.92 Å². The predicted molar refractivity (Wildman–Crippen MR) is 95.4 cm³/mol. The van der Waals surface area contributed by atoms with Gasteiger partial charge in [0.05, 0.1) is 6.21 Å². The third-order valence-electron chi connectivity index (χ3n) is 3.56. The van der Waals surface area contributed by atoms with Gasteiger partial charge in [-0.25, -0.2) is 5.43 Å². The number of nitrogens with zero attached hydrogens (tertiary/aromatic N) is 1. The van der Waals surface area contributed by atoms with E-state index in [9.17, 15) is 4.79 Å². The zero-order chi connectivity index (χ0) is 16.7. The summed E-state index contributed by atoms with van der Waals surface area (Å²) in [5.41, 5.74) is 3.61. The highest BCUT2D eigenvalue weighted by molar-refractivity contribution is 7.13. The second kappa shape index (κ2) is 8.48. The molecule has 0 spiro atoms. The number of benzene rings is 1. The van der Waals surface area contributed by atoms with Gasteiger partial charge in [0.15, 0.2) is 6.61 Å². The summed E-state index contributed by atoms with van der Waals surface area (Å²) in [5.74, 6) is 0.887. The van der Waals surface area contributed by atoms with E-state index in [0.717, 1.165) is 22.6 Å².